The summed E-state index contributed by atoms with van der Waals surface area (Å²) in [7, 11) is 0. The third kappa shape index (κ3) is 4.83. The number of fused-ring (bicyclic) bond motifs is 1. The molecule has 1 aliphatic rings. The van der Waals surface area contributed by atoms with Gasteiger partial charge in [-0.3, -0.25) is 9.69 Å². The topological polar surface area (TPSA) is 39.3 Å². The number of halogens is 1. The van der Waals surface area contributed by atoms with E-state index in [1.54, 1.807) is 12.1 Å². The summed E-state index contributed by atoms with van der Waals surface area (Å²) >= 11 is 0. The standard InChI is InChI=1S/C28H28FN3O/c29-23-12-10-22(11-13-23)25(26-19-30-27-9-5-4-8-24(26)27)18-28(33)32-16-14-31(15-17-32)20-21-6-2-1-3-7-21/h1-13,19,25,30H,14-18,20H2. The first-order valence-electron chi connectivity index (χ1n) is 11.5. The number of hydrogen-bond acceptors (Lipinski definition) is 2. The van der Waals surface area contributed by atoms with E-state index in [9.17, 15) is 9.18 Å². The van der Waals surface area contributed by atoms with Gasteiger partial charge in [0.2, 0.25) is 5.91 Å². The monoisotopic (exact) mass is 441 g/mol. The quantitative estimate of drug-likeness (QED) is 0.448. The molecule has 168 valence electrons. The van der Waals surface area contributed by atoms with Crippen LogP contribution in [0, 0.1) is 5.82 Å². The minimum Gasteiger partial charge on any atom is -0.361 e. The van der Waals surface area contributed by atoms with Gasteiger partial charge in [-0.05, 0) is 34.9 Å². The average molecular weight is 442 g/mol. The van der Waals surface area contributed by atoms with Crippen molar-refractivity contribution >= 4 is 16.8 Å². The number of nitrogens with one attached hydrogen (secondary N) is 1. The highest BCUT2D eigenvalue weighted by Crippen LogP contribution is 2.34. The van der Waals surface area contributed by atoms with Crippen molar-refractivity contribution < 1.29 is 9.18 Å². The number of hydrogen-bond donors (Lipinski definition) is 1. The van der Waals surface area contributed by atoms with Crippen LogP contribution in [0.15, 0.2) is 85.1 Å². The zero-order valence-corrected chi connectivity index (χ0v) is 18.6. The van der Waals surface area contributed by atoms with Crippen molar-refractivity contribution in [2.75, 3.05) is 26.2 Å². The number of H-pyrrole nitrogens is 1. The molecule has 1 aromatic heterocycles. The fourth-order valence-electron chi connectivity index (χ4n) is 4.79. The maximum atomic E-state index is 13.6. The van der Waals surface area contributed by atoms with E-state index in [4.69, 9.17) is 0 Å². The number of piperazine rings is 1. The summed E-state index contributed by atoms with van der Waals surface area (Å²) in [6.45, 7) is 4.12. The number of benzene rings is 3. The summed E-state index contributed by atoms with van der Waals surface area (Å²) in [5.41, 5.74) is 4.38. The molecular weight excluding hydrogens is 413 g/mol. The second-order valence-corrected chi connectivity index (χ2v) is 8.74. The lowest BCUT2D eigenvalue weighted by Gasteiger charge is -2.35. The lowest BCUT2D eigenvalue weighted by atomic mass is 9.87. The number of aromatic amines is 1. The van der Waals surface area contributed by atoms with Crippen LogP contribution < -0.4 is 0 Å². The van der Waals surface area contributed by atoms with Gasteiger partial charge in [-0.1, -0.05) is 60.7 Å². The number of amides is 1. The Balaban J connectivity index is 1.31. The van der Waals surface area contributed by atoms with Gasteiger partial charge in [0.25, 0.3) is 0 Å². The zero-order chi connectivity index (χ0) is 22.6. The fraction of sp³-hybridized carbons (Fsp3) is 0.250. The van der Waals surface area contributed by atoms with E-state index in [0.717, 1.165) is 54.8 Å². The molecule has 1 fully saturated rings. The van der Waals surface area contributed by atoms with Crippen molar-refractivity contribution in [2.45, 2.75) is 18.9 Å². The molecule has 33 heavy (non-hydrogen) atoms. The molecule has 1 aliphatic heterocycles. The van der Waals surface area contributed by atoms with Crippen molar-refractivity contribution in [3.8, 4) is 0 Å². The smallest absolute Gasteiger partial charge is 0.223 e. The SMILES string of the molecule is O=C(CC(c1ccc(F)cc1)c1c[nH]c2ccccc12)N1CCN(Cc2ccccc2)CC1. The van der Waals surface area contributed by atoms with Crippen molar-refractivity contribution in [1.29, 1.82) is 0 Å². The summed E-state index contributed by atoms with van der Waals surface area (Å²) in [5, 5.41) is 1.10. The lowest BCUT2D eigenvalue weighted by molar-refractivity contribution is -0.133. The van der Waals surface area contributed by atoms with Gasteiger partial charge in [0.1, 0.15) is 5.82 Å². The van der Waals surface area contributed by atoms with Crippen molar-refractivity contribution in [3.05, 3.63) is 108 Å². The van der Waals surface area contributed by atoms with Gasteiger partial charge in [-0.15, -0.1) is 0 Å². The first kappa shape index (κ1) is 21.4. The third-order valence-electron chi connectivity index (χ3n) is 6.62. The van der Waals surface area contributed by atoms with E-state index in [1.807, 2.05) is 35.4 Å². The Hall–Kier alpha value is -3.44. The molecule has 5 heteroatoms. The molecule has 1 unspecified atom stereocenters. The van der Waals surface area contributed by atoms with Crippen LogP contribution in [0.5, 0.6) is 0 Å². The van der Waals surface area contributed by atoms with Gasteiger partial charge in [0.05, 0.1) is 0 Å². The maximum absolute atomic E-state index is 13.6. The van der Waals surface area contributed by atoms with E-state index < -0.39 is 0 Å². The van der Waals surface area contributed by atoms with Crippen molar-refractivity contribution in [1.82, 2.24) is 14.8 Å². The van der Waals surface area contributed by atoms with Crippen LogP contribution in [0.1, 0.15) is 29.0 Å². The number of carbonyl (C=O) groups excluding carboxylic acids is 1. The second-order valence-electron chi connectivity index (χ2n) is 8.74. The Morgan fingerprint density at radius 3 is 2.33 bits per heavy atom. The molecule has 0 aliphatic carbocycles. The largest absolute Gasteiger partial charge is 0.361 e. The van der Waals surface area contributed by atoms with Crippen LogP contribution in [0.25, 0.3) is 10.9 Å². The third-order valence-corrected chi connectivity index (χ3v) is 6.62. The molecule has 0 saturated carbocycles. The van der Waals surface area contributed by atoms with E-state index in [-0.39, 0.29) is 17.6 Å². The van der Waals surface area contributed by atoms with Crippen LogP contribution in [-0.4, -0.2) is 46.9 Å². The summed E-state index contributed by atoms with van der Waals surface area (Å²) in [5.74, 6) is -0.247. The van der Waals surface area contributed by atoms with E-state index in [1.165, 1.54) is 17.7 Å². The molecule has 4 aromatic rings. The van der Waals surface area contributed by atoms with E-state index in [0.29, 0.717) is 6.42 Å². The Bertz CT molecular complexity index is 1210. The number of nitrogens with zero attached hydrogens (tertiary/aromatic N) is 2. The Morgan fingerprint density at radius 2 is 1.58 bits per heavy atom. The maximum Gasteiger partial charge on any atom is 0.223 e. The Labute approximate surface area is 193 Å². The summed E-state index contributed by atoms with van der Waals surface area (Å²) in [4.78, 5) is 21.1. The number of para-hydroxylation sites is 1. The first-order chi connectivity index (χ1) is 16.2. The van der Waals surface area contributed by atoms with Crippen LogP contribution >= 0.6 is 0 Å². The molecule has 0 spiro atoms. The molecular formula is C28H28FN3O. The van der Waals surface area contributed by atoms with Gasteiger partial charge in [-0.2, -0.15) is 0 Å². The van der Waals surface area contributed by atoms with Crippen molar-refractivity contribution in [2.24, 2.45) is 0 Å². The minimum atomic E-state index is -0.266. The molecule has 0 radical (unpaired) electrons. The Morgan fingerprint density at radius 1 is 0.879 bits per heavy atom. The predicted molar refractivity (Wildman–Crippen MR) is 129 cm³/mol. The van der Waals surface area contributed by atoms with Gasteiger partial charge >= 0.3 is 0 Å². The molecule has 1 atom stereocenters. The van der Waals surface area contributed by atoms with Crippen LogP contribution in [0.2, 0.25) is 0 Å². The fourth-order valence-corrected chi connectivity index (χ4v) is 4.79. The van der Waals surface area contributed by atoms with Gasteiger partial charge in [-0.25, -0.2) is 4.39 Å². The molecule has 1 N–H and O–H groups in total. The summed E-state index contributed by atoms with van der Waals surface area (Å²) in [6, 6.07) is 25.1. The number of aromatic nitrogens is 1. The number of carbonyl (C=O) groups is 1. The summed E-state index contributed by atoms with van der Waals surface area (Å²) < 4.78 is 13.6. The van der Waals surface area contributed by atoms with Gasteiger partial charge < -0.3 is 9.88 Å². The molecule has 4 nitrogen and oxygen atoms in total. The predicted octanol–water partition coefficient (Wildman–Crippen LogP) is 5.17. The minimum absolute atomic E-state index is 0.128. The average Bonchev–Trinajstić information content (AvgIpc) is 3.28. The highest BCUT2D eigenvalue weighted by atomic mass is 19.1. The number of rotatable bonds is 6. The molecule has 5 rings (SSSR count). The van der Waals surface area contributed by atoms with Crippen LogP contribution in [-0.2, 0) is 11.3 Å². The van der Waals surface area contributed by atoms with Gasteiger partial charge in [0, 0.05) is 62.2 Å². The molecule has 3 aromatic carbocycles. The lowest BCUT2D eigenvalue weighted by Crippen LogP contribution is -2.48. The van der Waals surface area contributed by atoms with E-state index >= 15 is 0 Å². The highest BCUT2D eigenvalue weighted by Gasteiger charge is 2.26. The molecule has 2 heterocycles. The highest BCUT2D eigenvalue weighted by molar-refractivity contribution is 5.86. The molecule has 1 amide bonds. The van der Waals surface area contributed by atoms with Crippen LogP contribution in [0.4, 0.5) is 4.39 Å². The van der Waals surface area contributed by atoms with E-state index in [2.05, 4.69) is 40.2 Å². The van der Waals surface area contributed by atoms with Gasteiger partial charge in [0.15, 0.2) is 0 Å². The van der Waals surface area contributed by atoms with Crippen molar-refractivity contribution in [3.63, 3.8) is 0 Å². The first-order valence-corrected chi connectivity index (χ1v) is 11.5. The second kappa shape index (κ2) is 9.59. The van der Waals surface area contributed by atoms with Crippen LogP contribution in [0.3, 0.4) is 0 Å². The summed E-state index contributed by atoms with van der Waals surface area (Å²) in [6.07, 6.45) is 2.36. The Kier molecular flexibility index (Phi) is 6.22. The molecule has 1 saturated heterocycles. The normalized spacial score (nSPS) is 15.6. The molecule has 0 bridgehead atoms. The zero-order valence-electron chi connectivity index (χ0n) is 18.6.